The number of nitrogens with zero attached hydrogens (tertiary/aromatic N) is 1. The second-order valence-electron chi connectivity index (χ2n) is 1.64. The average Bonchev–Trinajstić information content (AvgIpc) is 1.80. The number of rotatable bonds is 0. The van der Waals surface area contributed by atoms with Crippen LogP contribution in [-0.2, 0) is 0 Å². The van der Waals surface area contributed by atoms with E-state index < -0.39 is 0 Å². The fraction of sp³-hybridized carbons (Fsp3) is 0.200. The van der Waals surface area contributed by atoms with Gasteiger partial charge in [0.2, 0.25) is 0 Å². The zero-order chi connectivity index (χ0) is 6.85. The molecule has 0 spiro atoms. The fourth-order valence-electron chi connectivity index (χ4n) is 0.473. The van der Waals surface area contributed by atoms with Crippen molar-refractivity contribution in [3.8, 4) is 0 Å². The van der Waals surface area contributed by atoms with Gasteiger partial charge in [0.15, 0.2) is 0 Å². The van der Waals surface area contributed by atoms with Crippen LogP contribution in [0.3, 0.4) is 0 Å². The topological polar surface area (TPSA) is 45.8 Å². The maximum Gasteiger partial charge on any atom is 0.269 e. The third-order valence-electron chi connectivity index (χ3n) is 0.925. The number of H-pyrrole nitrogens is 1. The first-order valence-corrected chi connectivity index (χ1v) is 2.80. The Labute approximate surface area is 56.7 Å². The number of aromatic amines is 1. The molecule has 0 radical (unpaired) electrons. The summed E-state index contributed by atoms with van der Waals surface area (Å²) in [5.74, 6) is 0. The highest BCUT2D eigenvalue weighted by molar-refractivity contribution is 6.29. The number of halogens is 1. The molecule has 48 valence electrons. The Balaban J connectivity index is 3.34. The Morgan fingerprint density at radius 2 is 2.44 bits per heavy atom. The Bertz CT molecular complexity index is 268. The van der Waals surface area contributed by atoms with Crippen molar-refractivity contribution < 1.29 is 0 Å². The Morgan fingerprint density at radius 3 is 2.89 bits per heavy atom. The van der Waals surface area contributed by atoms with Crippen molar-refractivity contribution in [2.45, 2.75) is 6.92 Å². The molecule has 1 N–H and O–H groups in total. The highest BCUT2D eigenvalue weighted by Crippen LogP contribution is 1.96. The minimum atomic E-state index is -0.195. The summed E-state index contributed by atoms with van der Waals surface area (Å²) in [5, 5.41) is 0.312. The molecule has 0 aliphatic carbocycles. The molecule has 0 amide bonds. The smallest absolute Gasteiger partial charge is 0.269 e. The lowest BCUT2D eigenvalue weighted by Crippen LogP contribution is -2.09. The third kappa shape index (κ3) is 1.29. The average molecular weight is 145 g/mol. The highest BCUT2D eigenvalue weighted by atomic mass is 35.5. The normalized spacial score (nSPS) is 9.56. The Morgan fingerprint density at radius 1 is 1.78 bits per heavy atom. The molecule has 0 aliphatic rings. The lowest BCUT2D eigenvalue weighted by molar-refractivity contribution is 1.06. The van der Waals surface area contributed by atoms with E-state index in [9.17, 15) is 4.79 Å². The second kappa shape index (κ2) is 2.19. The monoisotopic (exact) mass is 144 g/mol. The molecular formula is C5H5ClN2O. The van der Waals surface area contributed by atoms with Crippen LogP contribution in [0, 0.1) is 6.92 Å². The van der Waals surface area contributed by atoms with E-state index in [2.05, 4.69) is 9.97 Å². The number of nitrogens with one attached hydrogen (secondary N) is 1. The molecule has 0 aliphatic heterocycles. The summed E-state index contributed by atoms with van der Waals surface area (Å²) >= 11 is 5.44. The number of hydrogen-bond acceptors (Lipinski definition) is 2. The lowest BCUT2D eigenvalue weighted by Gasteiger charge is -1.88. The molecule has 0 saturated heterocycles. The van der Waals surface area contributed by atoms with Gasteiger partial charge in [-0.3, -0.25) is 4.79 Å². The Kier molecular flexibility index (Phi) is 1.53. The summed E-state index contributed by atoms with van der Waals surface area (Å²) in [4.78, 5) is 16.7. The molecule has 3 nitrogen and oxygen atoms in total. The van der Waals surface area contributed by atoms with E-state index in [-0.39, 0.29) is 5.56 Å². The van der Waals surface area contributed by atoms with Crippen LogP contribution in [0.15, 0.2) is 11.0 Å². The zero-order valence-electron chi connectivity index (χ0n) is 4.81. The summed E-state index contributed by atoms with van der Waals surface area (Å²) in [6.07, 6.45) is 1.36. The van der Waals surface area contributed by atoms with Gasteiger partial charge in [0.25, 0.3) is 5.56 Å². The van der Waals surface area contributed by atoms with Crippen LogP contribution in [0.2, 0.25) is 5.15 Å². The van der Waals surface area contributed by atoms with Crippen LogP contribution in [0.4, 0.5) is 0 Å². The van der Waals surface area contributed by atoms with E-state index in [0.717, 1.165) is 0 Å². The lowest BCUT2D eigenvalue weighted by atomic mass is 10.5. The van der Waals surface area contributed by atoms with E-state index >= 15 is 0 Å². The standard InChI is InChI=1S/C5H5ClN2O/c1-3-5(9)7-2-4(6)8-3/h2H,1H3,(H,7,9). The SMILES string of the molecule is Cc1nc(Cl)c[nH]c1=O. The minimum Gasteiger partial charge on any atom is -0.324 e. The third-order valence-corrected chi connectivity index (χ3v) is 1.12. The largest absolute Gasteiger partial charge is 0.324 e. The van der Waals surface area contributed by atoms with Gasteiger partial charge >= 0.3 is 0 Å². The predicted molar refractivity (Wildman–Crippen MR) is 34.6 cm³/mol. The Hall–Kier alpha value is -0.830. The summed E-state index contributed by atoms with van der Waals surface area (Å²) in [5.41, 5.74) is 0.196. The molecule has 0 fully saturated rings. The maximum absolute atomic E-state index is 10.6. The first-order chi connectivity index (χ1) is 4.20. The van der Waals surface area contributed by atoms with E-state index in [4.69, 9.17) is 11.6 Å². The fourth-order valence-corrected chi connectivity index (χ4v) is 0.654. The van der Waals surface area contributed by atoms with E-state index in [1.807, 2.05) is 0 Å². The first-order valence-electron chi connectivity index (χ1n) is 2.42. The van der Waals surface area contributed by atoms with Gasteiger partial charge in [-0.2, -0.15) is 0 Å². The van der Waals surface area contributed by atoms with Crippen molar-refractivity contribution in [2.24, 2.45) is 0 Å². The van der Waals surface area contributed by atoms with Crippen molar-refractivity contribution in [3.63, 3.8) is 0 Å². The molecule has 9 heavy (non-hydrogen) atoms. The van der Waals surface area contributed by atoms with Gasteiger partial charge in [0, 0.05) is 6.20 Å². The van der Waals surface area contributed by atoms with Gasteiger partial charge in [0.1, 0.15) is 10.8 Å². The maximum atomic E-state index is 10.6. The molecule has 0 aromatic carbocycles. The minimum absolute atomic E-state index is 0.195. The van der Waals surface area contributed by atoms with Crippen LogP contribution in [0.25, 0.3) is 0 Å². The number of aromatic nitrogens is 2. The molecule has 1 aromatic heterocycles. The van der Waals surface area contributed by atoms with Crippen LogP contribution in [-0.4, -0.2) is 9.97 Å². The summed E-state index contributed by atoms with van der Waals surface area (Å²) in [7, 11) is 0. The highest BCUT2D eigenvalue weighted by Gasteiger charge is 1.92. The molecule has 1 heterocycles. The van der Waals surface area contributed by atoms with Crippen molar-refractivity contribution in [1.82, 2.24) is 9.97 Å². The summed E-state index contributed by atoms with van der Waals surface area (Å²) < 4.78 is 0. The van der Waals surface area contributed by atoms with Crippen molar-refractivity contribution in [2.75, 3.05) is 0 Å². The predicted octanol–water partition coefficient (Wildman–Crippen LogP) is 0.732. The number of aryl methyl sites for hydroxylation is 1. The van der Waals surface area contributed by atoms with Gasteiger partial charge in [-0.05, 0) is 6.92 Å². The van der Waals surface area contributed by atoms with Gasteiger partial charge in [0.05, 0.1) is 0 Å². The number of hydrogen-bond donors (Lipinski definition) is 1. The molecule has 1 aromatic rings. The van der Waals surface area contributed by atoms with E-state index in [1.165, 1.54) is 6.20 Å². The molecule has 0 atom stereocenters. The van der Waals surface area contributed by atoms with Crippen LogP contribution in [0.1, 0.15) is 5.69 Å². The van der Waals surface area contributed by atoms with Gasteiger partial charge in [-0.25, -0.2) is 4.98 Å². The molecule has 0 saturated carbocycles. The first kappa shape index (κ1) is 6.29. The molecule has 0 bridgehead atoms. The van der Waals surface area contributed by atoms with Crippen molar-refractivity contribution in [3.05, 3.63) is 27.4 Å². The summed E-state index contributed by atoms with van der Waals surface area (Å²) in [6.45, 7) is 1.60. The molecule has 0 unspecified atom stereocenters. The van der Waals surface area contributed by atoms with Gasteiger partial charge < -0.3 is 4.98 Å². The quantitative estimate of drug-likeness (QED) is 0.584. The van der Waals surface area contributed by atoms with Crippen molar-refractivity contribution in [1.29, 1.82) is 0 Å². The molecule has 1 rings (SSSR count). The van der Waals surface area contributed by atoms with E-state index in [1.54, 1.807) is 6.92 Å². The molecule has 4 heteroatoms. The van der Waals surface area contributed by atoms with Crippen LogP contribution >= 0.6 is 11.6 Å². The second-order valence-corrected chi connectivity index (χ2v) is 2.02. The molecular weight excluding hydrogens is 140 g/mol. The van der Waals surface area contributed by atoms with Gasteiger partial charge in [-0.1, -0.05) is 11.6 Å². The van der Waals surface area contributed by atoms with Crippen LogP contribution < -0.4 is 5.56 Å². The van der Waals surface area contributed by atoms with E-state index in [0.29, 0.717) is 10.8 Å². The zero-order valence-corrected chi connectivity index (χ0v) is 5.57. The summed E-state index contributed by atoms with van der Waals surface area (Å²) in [6, 6.07) is 0. The van der Waals surface area contributed by atoms with Crippen molar-refractivity contribution >= 4 is 11.6 Å². The van der Waals surface area contributed by atoms with Gasteiger partial charge in [-0.15, -0.1) is 0 Å². The van der Waals surface area contributed by atoms with Crippen LogP contribution in [0.5, 0.6) is 0 Å².